The number of halogens is 1. The van der Waals surface area contributed by atoms with Crippen LogP contribution in [0.25, 0.3) is 11.5 Å². The van der Waals surface area contributed by atoms with Crippen molar-refractivity contribution < 1.29 is 18.7 Å². The van der Waals surface area contributed by atoms with Crippen LogP contribution in [-0.2, 0) is 0 Å². The highest BCUT2D eigenvalue weighted by Crippen LogP contribution is 2.31. The van der Waals surface area contributed by atoms with Gasteiger partial charge in [0.05, 0.1) is 19.8 Å². The van der Waals surface area contributed by atoms with Gasteiger partial charge in [0.1, 0.15) is 0 Å². The molecule has 0 saturated heterocycles. The zero-order valence-electron chi connectivity index (χ0n) is 13.4. The summed E-state index contributed by atoms with van der Waals surface area (Å²) in [5.74, 6) is 0.546. The molecule has 8 heteroatoms. The molecule has 1 amide bonds. The number of para-hydroxylation sites is 1. The fraction of sp³-hybridized carbons (Fsp3) is 0.118. The zero-order chi connectivity index (χ0) is 17.8. The molecule has 0 aliphatic carbocycles. The summed E-state index contributed by atoms with van der Waals surface area (Å²) in [5.41, 5.74) is 0.934. The van der Waals surface area contributed by atoms with Crippen LogP contribution < -0.4 is 14.8 Å². The van der Waals surface area contributed by atoms with Crippen LogP contribution >= 0.6 is 11.6 Å². The highest BCUT2D eigenvalue weighted by Gasteiger charge is 2.19. The van der Waals surface area contributed by atoms with Gasteiger partial charge in [-0.05, 0) is 30.3 Å². The maximum Gasteiger partial charge on any atom is 0.322 e. The Kier molecular flexibility index (Phi) is 4.85. The van der Waals surface area contributed by atoms with E-state index in [0.29, 0.717) is 22.1 Å². The van der Waals surface area contributed by atoms with Crippen LogP contribution in [0.5, 0.6) is 11.5 Å². The number of nitrogens with zero attached hydrogens (tertiary/aromatic N) is 2. The molecule has 0 aliphatic heterocycles. The number of carbonyl (C=O) groups excluding carboxylic acids is 1. The second-order valence-corrected chi connectivity index (χ2v) is 5.35. The van der Waals surface area contributed by atoms with E-state index in [4.69, 9.17) is 25.5 Å². The van der Waals surface area contributed by atoms with Crippen molar-refractivity contribution in [3.63, 3.8) is 0 Å². The average Bonchev–Trinajstić information content (AvgIpc) is 3.09. The van der Waals surface area contributed by atoms with Crippen molar-refractivity contribution in [2.45, 2.75) is 0 Å². The van der Waals surface area contributed by atoms with Gasteiger partial charge < -0.3 is 13.9 Å². The van der Waals surface area contributed by atoms with Crippen LogP contribution in [0.15, 0.2) is 46.9 Å². The number of anilines is 1. The predicted molar refractivity (Wildman–Crippen MR) is 92.2 cm³/mol. The van der Waals surface area contributed by atoms with Gasteiger partial charge in [0.2, 0.25) is 5.89 Å². The van der Waals surface area contributed by atoms with E-state index < -0.39 is 5.91 Å². The summed E-state index contributed by atoms with van der Waals surface area (Å²) in [7, 11) is 2.95. The summed E-state index contributed by atoms with van der Waals surface area (Å²) in [6.45, 7) is 0. The summed E-state index contributed by atoms with van der Waals surface area (Å²) in [6, 6.07) is 11.9. The lowest BCUT2D eigenvalue weighted by Gasteiger charge is -2.11. The smallest absolute Gasteiger partial charge is 0.322 e. The first-order valence-corrected chi connectivity index (χ1v) is 7.62. The third-order valence-electron chi connectivity index (χ3n) is 3.36. The van der Waals surface area contributed by atoms with Gasteiger partial charge in [0.25, 0.3) is 5.91 Å². The molecule has 0 fully saturated rings. The Labute approximate surface area is 148 Å². The Morgan fingerprint density at radius 3 is 2.64 bits per heavy atom. The molecule has 25 heavy (non-hydrogen) atoms. The summed E-state index contributed by atoms with van der Waals surface area (Å²) in [5, 5.41) is 10.8. The molecule has 0 unspecified atom stereocenters. The van der Waals surface area contributed by atoms with Crippen LogP contribution in [0.1, 0.15) is 10.4 Å². The number of hydrogen-bond donors (Lipinski definition) is 1. The van der Waals surface area contributed by atoms with Crippen molar-refractivity contribution in [1.29, 1.82) is 0 Å². The Bertz CT molecular complexity index is 910. The molecule has 7 nitrogen and oxygen atoms in total. The number of hydrogen-bond acceptors (Lipinski definition) is 6. The van der Waals surface area contributed by atoms with E-state index in [-0.39, 0.29) is 17.5 Å². The number of methoxy groups -OCH3 is 2. The van der Waals surface area contributed by atoms with Crippen molar-refractivity contribution in [3.8, 4) is 23.0 Å². The van der Waals surface area contributed by atoms with E-state index in [2.05, 4.69) is 15.5 Å². The fourth-order valence-electron chi connectivity index (χ4n) is 2.24. The van der Waals surface area contributed by atoms with Gasteiger partial charge in [-0.15, -0.1) is 5.10 Å². The fourth-order valence-corrected chi connectivity index (χ4v) is 2.43. The lowest BCUT2D eigenvalue weighted by Crippen LogP contribution is -2.13. The quantitative estimate of drug-likeness (QED) is 0.748. The topological polar surface area (TPSA) is 86.5 Å². The van der Waals surface area contributed by atoms with E-state index in [9.17, 15) is 4.79 Å². The summed E-state index contributed by atoms with van der Waals surface area (Å²) in [4.78, 5) is 12.5. The van der Waals surface area contributed by atoms with Gasteiger partial charge in [-0.3, -0.25) is 10.1 Å². The van der Waals surface area contributed by atoms with Crippen molar-refractivity contribution >= 4 is 23.5 Å². The van der Waals surface area contributed by atoms with Gasteiger partial charge in [-0.2, -0.15) is 0 Å². The summed E-state index contributed by atoms with van der Waals surface area (Å²) >= 11 is 5.94. The SMILES string of the molecule is COc1cccc(C(=O)Nc2nnc(-c3cccc(Cl)c3)o2)c1OC. The van der Waals surface area contributed by atoms with Crippen molar-refractivity contribution in [2.75, 3.05) is 19.5 Å². The molecule has 3 aromatic rings. The Balaban J connectivity index is 1.83. The number of nitrogens with one attached hydrogen (secondary N) is 1. The molecule has 0 bridgehead atoms. The second-order valence-electron chi connectivity index (χ2n) is 4.92. The zero-order valence-corrected chi connectivity index (χ0v) is 14.2. The first-order chi connectivity index (χ1) is 12.1. The molecule has 3 rings (SSSR count). The standard InChI is InChI=1S/C17H14ClN3O4/c1-23-13-8-4-7-12(14(13)24-2)15(22)19-17-21-20-16(25-17)10-5-3-6-11(18)9-10/h3-9H,1-2H3,(H,19,21,22). The predicted octanol–water partition coefficient (Wildman–Crippen LogP) is 3.66. The number of amides is 1. The van der Waals surface area contributed by atoms with E-state index in [1.165, 1.54) is 14.2 Å². The lowest BCUT2D eigenvalue weighted by atomic mass is 10.1. The molecule has 128 valence electrons. The summed E-state index contributed by atoms with van der Waals surface area (Å²) in [6.07, 6.45) is 0. The molecule has 0 radical (unpaired) electrons. The Hall–Kier alpha value is -3.06. The molecule has 2 aromatic carbocycles. The first kappa shape index (κ1) is 16.8. The number of ether oxygens (including phenoxy) is 2. The number of benzene rings is 2. The minimum Gasteiger partial charge on any atom is -0.493 e. The second kappa shape index (κ2) is 7.23. The van der Waals surface area contributed by atoms with Crippen molar-refractivity contribution in [1.82, 2.24) is 10.2 Å². The monoisotopic (exact) mass is 359 g/mol. The molecule has 0 saturated carbocycles. The Morgan fingerprint density at radius 1 is 1.12 bits per heavy atom. The average molecular weight is 360 g/mol. The molecule has 1 aromatic heterocycles. The summed E-state index contributed by atoms with van der Waals surface area (Å²) < 4.78 is 15.9. The number of aromatic nitrogens is 2. The highest BCUT2D eigenvalue weighted by atomic mass is 35.5. The van der Waals surface area contributed by atoms with Gasteiger partial charge in [0.15, 0.2) is 11.5 Å². The molecular formula is C17H14ClN3O4. The van der Waals surface area contributed by atoms with Crippen LogP contribution in [0, 0.1) is 0 Å². The minimum atomic E-state index is -0.461. The first-order valence-electron chi connectivity index (χ1n) is 7.24. The lowest BCUT2D eigenvalue weighted by molar-refractivity contribution is 0.102. The molecule has 0 atom stereocenters. The largest absolute Gasteiger partial charge is 0.493 e. The molecule has 1 N–H and O–H groups in total. The minimum absolute atomic E-state index is 0.0372. The molecule has 0 spiro atoms. The maximum atomic E-state index is 12.5. The number of carbonyl (C=O) groups is 1. The van der Waals surface area contributed by atoms with Crippen LogP contribution in [-0.4, -0.2) is 30.3 Å². The third-order valence-corrected chi connectivity index (χ3v) is 3.60. The van der Waals surface area contributed by atoms with Crippen molar-refractivity contribution in [3.05, 3.63) is 53.1 Å². The molecular weight excluding hydrogens is 346 g/mol. The van der Waals surface area contributed by atoms with Crippen LogP contribution in [0.2, 0.25) is 5.02 Å². The van der Waals surface area contributed by atoms with E-state index >= 15 is 0 Å². The Morgan fingerprint density at radius 2 is 1.92 bits per heavy atom. The van der Waals surface area contributed by atoms with E-state index in [1.54, 1.807) is 42.5 Å². The number of rotatable bonds is 5. The maximum absolute atomic E-state index is 12.5. The van der Waals surface area contributed by atoms with E-state index in [1.807, 2.05) is 0 Å². The third kappa shape index (κ3) is 3.56. The molecule has 1 heterocycles. The van der Waals surface area contributed by atoms with Crippen LogP contribution in [0.4, 0.5) is 6.01 Å². The van der Waals surface area contributed by atoms with E-state index in [0.717, 1.165) is 0 Å². The molecule has 0 aliphatic rings. The normalized spacial score (nSPS) is 10.4. The van der Waals surface area contributed by atoms with Gasteiger partial charge in [-0.1, -0.05) is 28.8 Å². The highest BCUT2D eigenvalue weighted by molar-refractivity contribution is 6.30. The van der Waals surface area contributed by atoms with Crippen molar-refractivity contribution in [2.24, 2.45) is 0 Å². The van der Waals surface area contributed by atoms with Gasteiger partial charge in [-0.25, -0.2) is 0 Å². The van der Waals surface area contributed by atoms with Gasteiger partial charge >= 0.3 is 6.01 Å². The van der Waals surface area contributed by atoms with Crippen LogP contribution in [0.3, 0.4) is 0 Å². The van der Waals surface area contributed by atoms with Gasteiger partial charge in [0, 0.05) is 10.6 Å².